The van der Waals surface area contributed by atoms with Gasteiger partial charge in [0.25, 0.3) is 5.91 Å². The Labute approximate surface area is 139 Å². The normalized spacial score (nSPS) is 11.8. The minimum atomic E-state index is -1.16. The van der Waals surface area contributed by atoms with Gasteiger partial charge in [-0.2, -0.15) is 0 Å². The number of aryl methyl sites for hydroxylation is 2. The highest BCUT2D eigenvalue weighted by Crippen LogP contribution is 2.21. The predicted octanol–water partition coefficient (Wildman–Crippen LogP) is 2.70. The van der Waals surface area contributed by atoms with Gasteiger partial charge in [-0.3, -0.25) is 9.59 Å². The number of nitrogens with one attached hydrogen (secondary N) is 2. The third-order valence-electron chi connectivity index (χ3n) is 3.91. The second kappa shape index (κ2) is 6.70. The maximum atomic E-state index is 12.6. The number of H-pyrrole nitrogens is 1. The highest BCUT2D eigenvalue weighted by Gasteiger charge is 2.26. The number of rotatable bonds is 5. The van der Waals surface area contributed by atoms with Gasteiger partial charge in [0, 0.05) is 12.6 Å². The third kappa shape index (κ3) is 3.37. The fraction of sp³-hybridized carbons (Fsp3) is 0.278. The smallest absolute Gasteiger partial charge is 0.330 e. The fourth-order valence-electron chi connectivity index (χ4n) is 2.78. The van der Waals surface area contributed by atoms with Gasteiger partial charge >= 0.3 is 5.97 Å². The summed E-state index contributed by atoms with van der Waals surface area (Å²) in [6, 6.07) is 5.81. The van der Waals surface area contributed by atoms with Crippen molar-refractivity contribution in [1.29, 1.82) is 0 Å². The molecule has 1 unspecified atom stereocenters. The summed E-state index contributed by atoms with van der Waals surface area (Å²) in [5, 5.41) is 12.0. The first kappa shape index (κ1) is 17.5. The van der Waals surface area contributed by atoms with Gasteiger partial charge in [-0.1, -0.05) is 29.8 Å². The van der Waals surface area contributed by atoms with E-state index in [1.807, 2.05) is 13.0 Å². The molecule has 0 spiro atoms. The molecule has 1 amide bonds. The van der Waals surface area contributed by atoms with Crippen LogP contribution in [-0.4, -0.2) is 27.8 Å². The highest BCUT2D eigenvalue weighted by atomic mass is 16.4. The molecule has 2 aromatic rings. The Morgan fingerprint density at radius 3 is 2.33 bits per heavy atom. The third-order valence-corrected chi connectivity index (χ3v) is 3.91. The van der Waals surface area contributed by atoms with Gasteiger partial charge in [0.05, 0.1) is 11.3 Å². The number of ketones is 1. The Balaban J connectivity index is 2.36. The van der Waals surface area contributed by atoms with Crippen molar-refractivity contribution >= 4 is 17.7 Å². The Morgan fingerprint density at radius 1 is 1.17 bits per heavy atom. The molecule has 0 aliphatic carbocycles. The number of benzene rings is 1. The zero-order valence-corrected chi connectivity index (χ0v) is 14.1. The van der Waals surface area contributed by atoms with Crippen molar-refractivity contribution in [2.24, 2.45) is 0 Å². The molecular weight excluding hydrogens is 308 g/mol. The van der Waals surface area contributed by atoms with E-state index >= 15 is 0 Å². The van der Waals surface area contributed by atoms with Crippen molar-refractivity contribution in [2.45, 2.75) is 33.7 Å². The zero-order chi connectivity index (χ0) is 18.0. The Bertz CT molecular complexity index is 820. The number of Topliss-reactive ketones (excluding diaryl/α,β-unsaturated/α-hetero) is 1. The molecule has 1 heterocycles. The lowest BCUT2D eigenvalue weighted by molar-refractivity contribution is -0.139. The summed E-state index contributed by atoms with van der Waals surface area (Å²) in [7, 11) is 0. The summed E-state index contributed by atoms with van der Waals surface area (Å²) in [6.45, 7) is 6.60. The Hall–Kier alpha value is -2.89. The zero-order valence-electron chi connectivity index (χ0n) is 14.1. The molecule has 6 nitrogen and oxygen atoms in total. The van der Waals surface area contributed by atoms with Gasteiger partial charge in [0.1, 0.15) is 0 Å². The van der Waals surface area contributed by atoms with E-state index in [1.54, 1.807) is 32.0 Å². The maximum absolute atomic E-state index is 12.6. The lowest BCUT2D eigenvalue weighted by atomic mass is 10.0. The molecule has 2 rings (SSSR count). The Kier molecular flexibility index (Phi) is 4.87. The molecule has 0 aliphatic heterocycles. The number of aromatic amines is 1. The summed E-state index contributed by atoms with van der Waals surface area (Å²) in [5.41, 5.74) is 3.11. The van der Waals surface area contributed by atoms with E-state index in [2.05, 4.69) is 10.3 Å². The standard InChI is InChI=1S/C18H20N2O4/c1-9-6-5-7-13(8-9)16(18(23)24)20-17(22)14-10(2)15(12(4)21)19-11(14)3/h5-8,16,19H,1-4H3,(H,20,22)(H,23,24). The molecule has 0 saturated heterocycles. The number of hydrogen-bond donors (Lipinski definition) is 3. The van der Waals surface area contributed by atoms with Crippen molar-refractivity contribution in [1.82, 2.24) is 10.3 Å². The molecule has 0 bridgehead atoms. The maximum Gasteiger partial charge on any atom is 0.330 e. The van der Waals surface area contributed by atoms with Crippen molar-refractivity contribution in [3.63, 3.8) is 0 Å². The van der Waals surface area contributed by atoms with E-state index in [-0.39, 0.29) is 5.78 Å². The number of carboxylic acids is 1. The Morgan fingerprint density at radius 2 is 1.83 bits per heavy atom. The molecule has 24 heavy (non-hydrogen) atoms. The van der Waals surface area contributed by atoms with Gasteiger partial charge in [0.15, 0.2) is 11.8 Å². The molecule has 126 valence electrons. The summed E-state index contributed by atoms with van der Waals surface area (Å²) >= 11 is 0. The molecule has 1 atom stereocenters. The largest absolute Gasteiger partial charge is 0.479 e. The molecule has 0 saturated carbocycles. The van der Waals surface area contributed by atoms with Gasteiger partial charge in [-0.05, 0) is 31.9 Å². The second-order valence-electron chi connectivity index (χ2n) is 5.84. The van der Waals surface area contributed by atoms with Crippen LogP contribution in [0.4, 0.5) is 0 Å². The lowest BCUT2D eigenvalue weighted by Crippen LogP contribution is -2.34. The van der Waals surface area contributed by atoms with Crippen molar-refractivity contribution in [3.8, 4) is 0 Å². The van der Waals surface area contributed by atoms with Crippen LogP contribution in [0.25, 0.3) is 0 Å². The van der Waals surface area contributed by atoms with Crippen molar-refractivity contribution in [3.05, 3.63) is 57.9 Å². The first-order valence-corrected chi connectivity index (χ1v) is 7.52. The van der Waals surface area contributed by atoms with Gasteiger partial charge in [-0.15, -0.1) is 0 Å². The summed E-state index contributed by atoms with van der Waals surface area (Å²) in [4.78, 5) is 38.6. The molecule has 1 aromatic carbocycles. The quantitative estimate of drug-likeness (QED) is 0.735. The number of aromatic nitrogens is 1. The number of hydrogen-bond acceptors (Lipinski definition) is 3. The monoisotopic (exact) mass is 328 g/mol. The lowest BCUT2D eigenvalue weighted by Gasteiger charge is -2.16. The fourth-order valence-corrected chi connectivity index (χ4v) is 2.78. The summed E-state index contributed by atoms with van der Waals surface area (Å²) < 4.78 is 0. The molecule has 0 radical (unpaired) electrons. The topological polar surface area (TPSA) is 99.3 Å². The SMILES string of the molecule is CC(=O)c1[nH]c(C)c(C(=O)NC(C(=O)O)c2cccc(C)c2)c1C. The average molecular weight is 328 g/mol. The molecule has 1 aromatic heterocycles. The highest BCUT2D eigenvalue weighted by molar-refractivity contribution is 6.03. The van der Waals surface area contributed by atoms with E-state index in [0.717, 1.165) is 5.56 Å². The summed E-state index contributed by atoms with van der Waals surface area (Å²) in [6.07, 6.45) is 0. The van der Waals surface area contributed by atoms with E-state index < -0.39 is 17.9 Å². The van der Waals surface area contributed by atoms with Gasteiger partial charge in [-0.25, -0.2) is 4.79 Å². The number of carbonyl (C=O) groups is 3. The predicted molar refractivity (Wildman–Crippen MR) is 89.3 cm³/mol. The molecule has 0 aliphatic rings. The number of carbonyl (C=O) groups excluding carboxylic acids is 2. The molecule has 6 heteroatoms. The van der Waals surface area contributed by atoms with Crippen LogP contribution < -0.4 is 5.32 Å². The van der Waals surface area contributed by atoms with Crippen molar-refractivity contribution in [2.75, 3.05) is 0 Å². The van der Waals surface area contributed by atoms with Gasteiger partial charge < -0.3 is 15.4 Å². The molecule has 3 N–H and O–H groups in total. The molecular formula is C18H20N2O4. The van der Waals surface area contributed by atoms with Crippen LogP contribution in [0.3, 0.4) is 0 Å². The van der Waals surface area contributed by atoms with Crippen LogP contribution in [0, 0.1) is 20.8 Å². The first-order valence-electron chi connectivity index (χ1n) is 7.52. The first-order chi connectivity index (χ1) is 11.2. The number of aliphatic carboxylic acids is 1. The number of amides is 1. The number of carboxylic acid groups (broad SMARTS) is 1. The average Bonchev–Trinajstić information content (AvgIpc) is 2.79. The molecule has 0 fully saturated rings. The van der Waals surface area contributed by atoms with E-state index in [9.17, 15) is 19.5 Å². The minimum absolute atomic E-state index is 0.178. The van der Waals surface area contributed by atoms with Crippen LogP contribution in [0.2, 0.25) is 0 Å². The minimum Gasteiger partial charge on any atom is -0.479 e. The van der Waals surface area contributed by atoms with E-state index in [1.165, 1.54) is 6.92 Å². The van der Waals surface area contributed by atoms with Crippen LogP contribution >= 0.6 is 0 Å². The summed E-state index contributed by atoms with van der Waals surface area (Å²) in [5.74, 6) is -1.85. The van der Waals surface area contributed by atoms with Crippen LogP contribution in [0.5, 0.6) is 0 Å². The van der Waals surface area contributed by atoms with Crippen LogP contribution in [0.1, 0.15) is 56.2 Å². The van der Waals surface area contributed by atoms with Crippen LogP contribution in [-0.2, 0) is 4.79 Å². The van der Waals surface area contributed by atoms with Crippen molar-refractivity contribution < 1.29 is 19.5 Å². The second-order valence-corrected chi connectivity index (χ2v) is 5.84. The van der Waals surface area contributed by atoms with Crippen LogP contribution in [0.15, 0.2) is 24.3 Å². The van der Waals surface area contributed by atoms with E-state index in [4.69, 9.17) is 0 Å². The van der Waals surface area contributed by atoms with E-state index in [0.29, 0.717) is 28.1 Å². The van der Waals surface area contributed by atoms with Gasteiger partial charge in [0.2, 0.25) is 0 Å².